The summed E-state index contributed by atoms with van der Waals surface area (Å²) in [7, 11) is 1.44. The van der Waals surface area contributed by atoms with Gasteiger partial charge in [-0.3, -0.25) is 4.79 Å². The molecule has 1 aromatic heterocycles. The molecule has 0 saturated carbocycles. The maximum atomic E-state index is 11.5. The van der Waals surface area contributed by atoms with Crippen molar-refractivity contribution >= 4 is 16.9 Å². The van der Waals surface area contributed by atoms with E-state index < -0.39 is 0 Å². The first-order valence-corrected chi connectivity index (χ1v) is 5.97. The Morgan fingerprint density at radius 3 is 3.00 bits per heavy atom. The minimum atomic E-state index is -0.180. The number of hydrogen-bond acceptors (Lipinski definition) is 2. The van der Waals surface area contributed by atoms with Gasteiger partial charge >= 0.3 is 5.97 Å². The number of aromatic nitrogens is 1. The average molecular weight is 229 g/mol. The van der Waals surface area contributed by atoms with Crippen molar-refractivity contribution in [1.29, 1.82) is 0 Å². The zero-order chi connectivity index (χ0) is 11.8. The van der Waals surface area contributed by atoms with Gasteiger partial charge in [-0.25, -0.2) is 0 Å². The third kappa shape index (κ3) is 1.54. The van der Waals surface area contributed by atoms with Gasteiger partial charge in [-0.2, -0.15) is 0 Å². The molecule has 2 aromatic rings. The Hall–Kier alpha value is -1.77. The molecule has 0 bridgehead atoms. The van der Waals surface area contributed by atoms with Crippen LogP contribution in [0.3, 0.4) is 0 Å². The van der Waals surface area contributed by atoms with Crippen LogP contribution in [0.25, 0.3) is 10.9 Å². The molecule has 0 aliphatic heterocycles. The number of rotatable bonds is 2. The normalized spacial score (nSPS) is 13.9. The molecule has 0 spiro atoms. The SMILES string of the molecule is COC(=O)Cn1c2c(c3ccccc31)CCC2. The van der Waals surface area contributed by atoms with E-state index in [9.17, 15) is 4.79 Å². The largest absolute Gasteiger partial charge is 0.468 e. The van der Waals surface area contributed by atoms with E-state index in [0.717, 1.165) is 18.4 Å². The Bertz CT molecular complexity index is 583. The molecule has 0 amide bonds. The molecule has 0 N–H and O–H groups in total. The highest BCUT2D eigenvalue weighted by Crippen LogP contribution is 2.32. The minimum Gasteiger partial charge on any atom is -0.468 e. The Kier molecular flexibility index (Phi) is 2.39. The highest BCUT2D eigenvalue weighted by molar-refractivity contribution is 5.87. The number of methoxy groups -OCH3 is 1. The van der Waals surface area contributed by atoms with Crippen LogP contribution < -0.4 is 0 Å². The molecule has 1 aliphatic rings. The van der Waals surface area contributed by atoms with E-state index in [1.807, 2.05) is 6.07 Å². The van der Waals surface area contributed by atoms with Crippen LogP contribution in [0.15, 0.2) is 24.3 Å². The summed E-state index contributed by atoms with van der Waals surface area (Å²) in [5.41, 5.74) is 3.89. The summed E-state index contributed by atoms with van der Waals surface area (Å²) < 4.78 is 6.89. The van der Waals surface area contributed by atoms with E-state index >= 15 is 0 Å². The molecule has 88 valence electrons. The lowest BCUT2D eigenvalue weighted by Crippen LogP contribution is -2.13. The highest BCUT2D eigenvalue weighted by atomic mass is 16.5. The van der Waals surface area contributed by atoms with E-state index in [-0.39, 0.29) is 5.97 Å². The van der Waals surface area contributed by atoms with Crippen LogP contribution in [0.5, 0.6) is 0 Å². The zero-order valence-corrected chi connectivity index (χ0v) is 9.90. The number of hydrogen-bond donors (Lipinski definition) is 0. The second-order valence-electron chi connectivity index (χ2n) is 4.46. The van der Waals surface area contributed by atoms with Gasteiger partial charge in [-0.15, -0.1) is 0 Å². The van der Waals surface area contributed by atoms with Gasteiger partial charge in [0, 0.05) is 16.6 Å². The van der Waals surface area contributed by atoms with E-state index in [1.54, 1.807) is 0 Å². The minimum absolute atomic E-state index is 0.180. The molecule has 17 heavy (non-hydrogen) atoms. The lowest BCUT2D eigenvalue weighted by atomic mass is 10.1. The van der Waals surface area contributed by atoms with Crippen LogP contribution in [-0.4, -0.2) is 17.6 Å². The predicted octanol–water partition coefficient (Wildman–Crippen LogP) is 2.30. The van der Waals surface area contributed by atoms with Gasteiger partial charge < -0.3 is 9.30 Å². The Morgan fingerprint density at radius 1 is 1.35 bits per heavy atom. The molecule has 0 radical (unpaired) electrons. The first-order valence-electron chi connectivity index (χ1n) is 5.97. The summed E-state index contributed by atoms with van der Waals surface area (Å²) in [4.78, 5) is 11.5. The third-order valence-corrected chi connectivity index (χ3v) is 3.55. The lowest BCUT2D eigenvalue weighted by Gasteiger charge is -2.07. The molecule has 0 unspecified atom stereocenters. The van der Waals surface area contributed by atoms with Crippen molar-refractivity contribution in [2.24, 2.45) is 0 Å². The van der Waals surface area contributed by atoms with E-state index in [4.69, 9.17) is 4.74 Å². The van der Waals surface area contributed by atoms with Crippen LogP contribution in [0, 0.1) is 0 Å². The van der Waals surface area contributed by atoms with Gasteiger partial charge in [-0.1, -0.05) is 18.2 Å². The average Bonchev–Trinajstić information content (AvgIpc) is 2.93. The van der Waals surface area contributed by atoms with E-state index in [2.05, 4.69) is 22.8 Å². The second kappa shape index (κ2) is 3.91. The van der Waals surface area contributed by atoms with Gasteiger partial charge in [0.05, 0.1) is 7.11 Å². The number of para-hydroxylation sites is 1. The van der Waals surface area contributed by atoms with Crippen molar-refractivity contribution in [2.75, 3.05) is 7.11 Å². The number of fused-ring (bicyclic) bond motifs is 3. The fourth-order valence-electron chi connectivity index (χ4n) is 2.80. The molecule has 0 fully saturated rings. The van der Waals surface area contributed by atoms with E-state index in [1.165, 1.54) is 30.2 Å². The zero-order valence-electron chi connectivity index (χ0n) is 9.90. The molecule has 3 nitrogen and oxygen atoms in total. The number of carbonyl (C=O) groups is 1. The fourth-order valence-corrected chi connectivity index (χ4v) is 2.80. The predicted molar refractivity (Wildman–Crippen MR) is 66.0 cm³/mol. The summed E-state index contributed by atoms with van der Waals surface area (Å²) in [5.74, 6) is -0.180. The van der Waals surface area contributed by atoms with Crippen molar-refractivity contribution in [3.63, 3.8) is 0 Å². The molecule has 1 aromatic carbocycles. The standard InChI is InChI=1S/C14H15NO2/c1-17-14(16)9-15-12-7-3-2-5-10(12)11-6-4-8-13(11)15/h2-3,5,7H,4,6,8-9H2,1H3. The maximum Gasteiger partial charge on any atom is 0.325 e. The molecule has 3 rings (SSSR count). The first-order chi connectivity index (χ1) is 8.31. The maximum absolute atomic E-state index is 11.5. The van der Waals surface area contributed by atoms with Crippen LogP contribution in [-0.2, 0) is 28.9 Å². The molecular weight excluding hydrogens is 214 g/mol. The van der Waals surface area contributed by atoms with Gasteiger partial charge in [0.15, 0.2) is 0 Å². The molecular formula is C14H15NO2. The summed E-state index contributed by atoms with van der Waals surface area (Å²) in [5, 5.41) is 1.30. The first kappa shape index (κ1) is 10.4. The van der Waals surface area contributed by atoms with Crippen molar-refractivity contribution < 1.29 is 9.53 Å². The molecule has 1 heterocycles. The highest BCUT2D eigenvalue weighted by Gasteiger charge is 2.22. The lowest BCUT2D eigenvalue weighted by molar-refractivity contribution is -0.141. The molecule has 1 aliphatic carbocycles. The number of nitrogens with zero attached hydrogens (tertiary/aromatic N) is 1. The number of carbonyl (C=O) groups excluding carboxylic acids is 1. The topological polar surface area (TPSA) is 31.2 Å². The molecule has 0 atom stereocenters. The van der Waals surface area contributed by atoms with Crippen molar-refractivity contribution in [3.05, 3.63) is 35.5 Å². The second-order valence-corrected chi connectivity index (χ2v) is 4.46. The van der Waals surface area contributed by atoms with Crippen molar-refractivity contribution in [3.8, 4) is 0 Å². The van der Waals surface area contributed by atoms with Crippen LogP contribution in [0.2, 0.25) is 0 Å². The van der Waals surface area contributed by atoms with Gasteiger partial charge in [-0.05, 0) is 30.9 Å². The fraction of sp³-hybridized carbons (Fsp3) is 0.357. The van der Waals surface area contributed by atoms with Gasteiger partial charge in [0.1, 0.15) is 6.54 Å². The van der Waals surface area contributed by atoms with Crippen molar-refractivity contribution in [1.82, 2.24) is 4.57 Å². The number of ether oxygens (including phenoxy) is 1. The number of benzene rings is 1. The van der Waals surface area contributed by atoms with E-state index in [0.29, 0.717) is 6.54 Å². The Labute approximate surface area is 100.0 Å². The summed E-state index contributed by atoms with van der Waals surface area (Å²) in [6, 6.07) is 8.30. The monoisotopic (exact) mass is 229 g/mol. The molecule has 0 saturated heterocycles. The van der Waals surface area contributed by atoms with Crippen molar-refractivity contribution in [2.45, 2.75) is 25.8 Å². The Balaban J connectivity index is 2.19. The van der Waals surface area contributed by atoms with Crippen LogP contribution >= 0.6 is 0 Å². The van der Waals surface area contributed by atoms with Gasteiger partial charge in [0.25, 0.3) is 0 Å². The summed E-state index contributed by atoms with van der Waals surface area (Å²) in [6.07, 6.45) is 3.39. The third-order valence-electron chi connectivity index (χ3n) is 3.55. The number of esters is 1. The van der Waals surface area contributed by atoms with Crippen LogP contribution in [0.1, 0.15) is 17.7 Å². The van der Waals surface area contributed by atoms with Crippen LogP contribution in [0.4, 0.5) is 0 Å². The quantitative estimate of drug-likeness (QED) is 0.740. The summed E-state index contributed by atoms with van der Waals surface area (Å²) >= 11 is 0. The smallest absolute Gasteiger partial charge is 0.325 e. The summed E-state index contributed by atoms with van der Waals surface area (Å²) in [6.45, 7) is 0.326. The Morgan fingerprint density at radius 2 is 2.18 bits per heavy atom. The number of aryl methyl sites for hydroxylation is 1. The molecule has 3 heteroatoms. The van der Waals surface area contributed by atoms with Gasteiger partial charge in [0.2, 0.25) is 0 Å².